The molecule has 2 N–H and O–H groups in total. The van der Waals surface area contributed by atoms with Gasteiger partial charge in [0.25, 0.3) is 0 Å². The summed E-state index contributed by atoms with van der Waals surface area (Å²) in [5, 5.41) is 7.69. The molecule has 0 amide bonds. The van der Waals surface area contributed by atoms with Gasteiger partial charge in [-0.3, -0.25) is 4.99 Å². The van der Waals surface area contributed by atoms with Crippen molar-refractivity contribution < 1.29 is 9.47 Å². The Morgan fingerprint density at radius 3 is 3.11 bits per heavy atom. The van der Waals surface area contributed by atoms with E-state index in [0.29, 0.717) is 12.0 Å². The molecule has 2 aliphatic rings. The maximum Gasteiger partial charge on any atom is 0.191 e. The predicted molar refractivity (Wildman–Crippen MR) is 111 cm³/mol. The first-order valence-corrected chi connectivity index (χ1v) is 10.3. The second-order valence-corrected chi connectivity index (χ2v) is 7.65. The normalized spacial score (nSPS) is 23.0. The molecule has 2 unspecified atom stereocenters. The van der Waals surface area contributed by atoms with Gasteiger partial charge in [0.15, 0.2) is 5.96 Å². The number of guanidine groups is 1. The molecule has 27 heavy (non-hydrogen) atoms. The van der Waals surface area contributed by atoms with E-state index in [-0.39, 0.29) is 0 Å². The largest absolute Gasteiger partial charge is 0.381 e. The molecule has 3 rings (SSSR count). The van der Waals surface area contributed by atoms with Crippen molar-refractivity contribution in [3.8, 4) is 0 Å². The van der Waals surface area contributed by atoms with Gasteiger partial charge >= 0.3 is 0 Å². The van der Waals surface area contributed by atoms with Crippen molar-refractivity contribution >= 4 is 23.2 Å². The summed E-state index contributed by atoms with van der Waals surface area (Å²) in [7, 11) is 1.82. The molecule has 150 valence electrons. The Kier molecular flexibility index (Phi) is 8.05. The van der Waals surface area contributed by atoms with E-state index in [1.54, 1.807) is 0 Å². The van der Waals surface area contributed by atoms with Crippen LogP contribution in [0.15, 0.2) is 29.3 Å². The quantitative estimate of drug-likeness (QED) is 0.403. The number of anilines is 1. The van der Waals surface area contributed by atoms with Crippen LogP contribution in [0.2, 0.25) is 5.02 Å². The molecule has 2 saturated heterocycles. The molecule has 2 aliphatic heterocycles. The molecule has 0 aliphatic carbocycles. The lowest BCUT2D eigenvalue weighted by Gasteiger charge is -2.20. The summed E-state index contributed by atoms with van der Waals surface area (Å²) in [5.74, 6) is 1.44. The molecule has 0 radical (unpaired) electrons. The van der Waals surface area contributed by atoms with Gasteiger partial charge in [-0.15, -0.1) is 0 Å². The van der Waals surface area contributed by atoms with Crippen molar-refractivity contribution in [2.45, 2.75) is 25.3 Å². The van der Waals surface area contributed by atoms with E-state index in [2.05, 4.69) is 26.6 Å². The van der Waals surface area contributed by atoms with Crippen molar-refractivity contribution in [1.82, 2.24) is 10.6 Å². The van der Waals surface area contributed by atoms with Crippen LogP contribution in [0, 0.1) is 5.92 Å². The summed E-state index contributed by atoms with van der Waals surface area (Å²) >= 11 is 6.11. The molecule has 0 bridgehead atoms. The number of rotatable bonds is 8. The van der Waals surface area contributed by atoms with Crippen molar-refractivity contribution in [3.63, 3.8) is 0 Å². The van der Waals surface area contributed by atoms with Crippen molar-refractivity contribution in [2.24, 2.45) is 10.9 Å². The van der Waals surface area contributed by atoms with Gasteiger partial charge in [-0.1, -0.05) is 17.7 Å². The molecule has 6 nitrogen and oxygen atoms in total. The summed E-state index contributed by atoms with van der Waals surface area (Å²) in [4.78, 5) is 6.70. The minimum Gasteiger partial charge on any atom is -0.381 e. The summed E-state index contributed by atoms with van der Waals surface area (Å²) in [6.45, 7) is 6.14. The van der Waals surface area contributed by atoms with Gasteiger partial charge in [0.1, 0.15) is 0 Å². The highest BCUT2D eigenvalue weighted by molar-refractivity contribution is 6.30. The SMILES string of the molecule is CN=C(NCCCOCC1CCOC1)NC1CCN(c2cccc(Cl)c2)C1. The summed E-state index contributed by atoms with van der Waals surface area (Å²) in [6, 6.07) is 8.43. The molecular formula is C20H31ClN4O2. The van der Waals surface area contributed by atoms with Crippen LogP contribution in [0.5, 0.6) is 0 Å². The minimum atomic E-state index is 0.383. The zero-order chi connectivity index (χ0) is 18.9. The van der Waals surface area contributed by atoms with Crippen molar-refractivity contribution in [1.29, 1.82) is 0 Å². The van der Waals surface area contributed by atoms with Crippen molar-refractivity contribution in [3.05, 3.63) is 29.3 Å². The van der Waals surface area contributed by atoms with Gasteiger partial charge in [-0.2, -0.15) is 0 Å². The molecule has 1 aromatic carbocycles. The Hall–Kier alpha value is -1.50. The lowest BCUT2D eigenvalue weighted by molar-refractivity contribution is 0.0888. The number of nitrogens with one attached hydrogen (secondary N) is 2. The lowest BCUT2D eigenvalue weighted by Crippen LogP contribution is -2.45. The van der Waals surface area contributed by atoms with E-state index in [9.17, 15) is 0 Å². The van der Waals surface area contributed by atoms with Crippen LogP contribution in [-0.4, -0.2) is 65.1 Å². The van der Waals surface area contributed by atoms with Crippen LogP contribution in [0.1, 0.15) is 19.3 Å². The highest BCUT2D eigenvalue weighted by Crippen LogP contribution is 2.23. The molecule has 1 aromatic rings. The summed E-state index contributed by atoms with van der Waals surface area (Å²) in [6.07, 6.45) is 3.18. The fourth-order valence-electron chi connectivity index (χ4n) is 3.52. The van der Waals surface area contributed by atoms with Gasteiger partial charge in [0.2, 0.25) is 0 Å². The first-order chi connectivity index (χ1) is 13.2. The lowest BCUT2D eigenvalue weighted by atomic mass is 10.1. The van der Waals surface area contributed by atoms with Crippen LogP contribution in [0.25, 0.3) is 0 Å². The molecule has 7 heteroatoms. The molecular weight excluding hydrogens is 364 g/mol. The third-order valence-electron chi connectivity index (χ3n) is 5.06. The Morgan fingerprint density at radius 1 is 1.41 bits per heavy atom. The van der Waals surface area contributed by atoms with Crippen LogP contribution in [0.3, 0.4) is 0 Å². The second kappa shape index (κ2) is 10.7. The summed E-state index contributed by atoms with van der Waals surface area (Å²) in [5.41, 5.74) is 1.18. The van der Waals surface area contributed by atoms with E-state index in [1.807, 2.05) is 25.2 Å². The Labute approximate surface area is 167 Å². The van der Waals surface area contributed by atoms with Crippen LogP contribution >= 0.6 is 11.6 Å². The predicted octanol–water partition coefficient (Wildman–Crippen LogP) is 2.53. The van der Waals surface area contributed by atoms with Gasteiger partial charge in [0, 0.05) is 62.6 Å². The minimum absolute atomic E-state index is 0.383. The number of halogens is 1. The second-order valence-electron chi connectivity index (χ2n) is 7.21. The number of nitrogens with zero attached hydrogens (tertiary/aromatic N) is 2. The molecule has 0 spiro atoms. The average molecular weight is 395 g/mol. The monoisotopic (exact) mass is 394 g/mol. The topological polar surface area (TPSA) is 58.1 Å². The maximum absolute atomic E-state index is 6.11. The number of aliphatic imine (C=N–C) groups is 1. The fraction of sp³-hybridized carbons (Fsp3) is 0.650. The van der Waals surface area contributed by atoms with Crippen LogP contribution in [0.4, 0.5) is 5.69 Å². The number of benzene rings is 1. The highest BCUT2D eigenvalue weighted by Gasteiger charge is 2.23. The smallest absolute Gasteiger partial charge is 0.191 e. The van der Waals surface area contributed by atoms with E-state index in [4.69, 9.17) is 21.1 Å². The highest BCUT2D eigenvalue weighted by atomic mass is 35.5. The average Bonchev–Trinajstić information content (AvgIpc) is 3.35. The number of hydrogen-bond donors (Lipinski definition) is 2. The molecule has 2 fully saturated rings. The van der Waals surface area contributed by atoms with Crippen molar-refractivity contribution in [2.75, 3.05) is 58.0 Å². The van der Waals surface area contributed by atoms with E-state index < -0.39 is 0 Å². The van der Waals surface area contributed by atoms with Gasteiger partial charge in [-0.05, 0) is 37.5 Å². The van der Waals surface area contributed by atoms with Gasteiger partial charge in [-0.25, -0.2) is 0 Å². The third kappa shape index (κ3) is 6.55. The van der Waals surface area contributed by atoms with E-state index in [0.717, 1.165) is 76.3 Å². The molecule has 2 heterocycles. The van der Waals surface area contributed by atoms with E-state index >= 15 is 0 Å². The maximum atomic E-state index is 6.11. The fourth-order valence-corrected chi connectivity index (χ4v) is 3.70. The molecule has 0 aromatic heterocycles. The van der Waals surface area contributed by atoms with E-state index in [1.165, 1.54) is 5.69 Å². The third-order valence-corrected chi connectivity index (χ3v) is 5.30. The Morgan fingerprint density at radius 2 is 2.33 bits per heavy atom. The number of hydrogen-bond acceptors (Lipinski definition) is 4. The van der Waals surface area contributed by atoms with Crippen LogP contribution in [-0.2, 0) is 9.47 Å². The van der Waals surface area contributed by atoms with Gasteiger partial charge < -0.3 is 25.0 Å². The zero-order valence-corrected chi connectivity index (χ0v) is 16.9. The Balaban J connectivity index is 1.30. The molecule has 2 atom stereocenters. The zero-order valence-electron chi connectivity index (χ0n) is 16.1. The summed E-state index contributed by atoms with van der Waals surface area (Å²) < 4.78 is 11.1. The first kappa shape index (κ1) is 20.2. The molecule has 0 saturated carbocycles. The number of ether oxygens (including phenoxy) is 2. The van der Waals surface area contributed by atoms with Gasteiger partial charge in [0.05, 0.1) is 13.2 Å². The Bertz CT molecular complexity index is 607. The first-order valence-electron chi connectivity index (χ1n) is 9.88. The van der Waals surface area contributed by atoms with Crippen LogP contribution < -0.4 is 15.5 Å². The standard InChI is InChI=1S/C20H31ClN4O2/c1-22-20(23-8-3-10-26-14-16-7-11-27-15-16)24-18-6-9-25(13-18)19-5-2-4-17(21)12-19/h2,4-5,12,16,18H,3,6-11,13-15H2,1H3,(H2,22,23,24).